The van der Waals surface area contributed by atoms with E-state index in [2.05, 4.69) is 0 Å². The van der Waals surface area contributed by atoms with Crippen LogP contribution in [0.2, 0.25) is 0 Å². The molecule has 2 rings (SSSR count). The van der Waals surface area contributed by atoms with Crippen molar-refractivity contribution in [2.45, 2.75) is 39.8 Å². The number of aromatic nitrogens is 1. The summed E-state index contributed by atoms with van der Waals surface area (Å²) in [6, 6.07) is 7.61. The van der Waals surface area contributed by atoms with E-state index in [1.807, 2.05) is 29.7 Å². The third kappa shape index (κ3) is 3.76. The molecule has 1 heterocycles. The van der Waals surface area contributed by atoms with E-state index in [0.717, 1.165) is 16.5 Å². The number of carboxylic acid groups (broad SMARTS) is 1. The van der Waals surface area contributed by atoms with Gasteiger partial charge < -0.3 is 19.1 Å². The molecule has 1 unspecified atom stereocenters. The van der Waals surface area contributed by atoms with Crippen molar-refractivity contribution in [3.63, 3.8) is 0 Å². The quantitative estimate of drug-likeness (QED) is 0.751. The molecule has 0 saturated carbocycles. The number of aliphatic carboxylic acids is 1. The second kappa shape index (κ2) is 7.97. The average Bonchev–Trinajstić information content (AvgIpc) is 2.91. The Morgan fingerprint density at radius 3 is 2.62 bits per heavy atom. The van der Waals surface area contributed by atoms with Crippen LogP contribution in [0.5, 0.6) is 0 Å². The first-order valence-electron chi connectivity index (χ1n) is 8.09. The number of esters is 1. The molecule has 0 aliphatic carbocycles. The monoisotopic (exact) mass is 333 g/mol. The van der Waals surface area contributed by atoms with Gasteiger partial charge in [0, 0.05) is 30.5 Å². The molecule has 0 fully saturated rings. The van der Waals surface area contributed by atoms with E-state index in [-0.39, 0.29) is 13.0 Å². The highest BCUT2D eigenvalue weighted by atomic mass is 16.5. The zero-order valence-electron chi connectivity index (χ0n) is 14.2. The maximum atomic E-state index is 12.3. The van der Waals surface area contributed by atoms with Crippen LogP contribution < -0.4 is 0 Å². The summed E-state index contributed by atoms with van der Waals surface area (Å²) >= 11 is 0. The van der Waals surface area contributed by atoms with Gasteiger partial charge in [-0.15, -0.1) is 0 Å². The number of carboxylic acids is 1. The zero-order valence-corrected chi connectivity index (χ0v) is 14.2. The van der Waals surface area contributed by atoms with Gasteiger partial charge >= 0.3 is 11.9 Å². The fourth-order valence-corrected chi connectivity index (χ4v) is 2.77. The zero-order chi connectivity index (χ0) is 17.7. The molecule has 2 aromatic rings. The maximum Gasteiger partial charge on any atom is 0.354 e. The summed E-state index contributed by atoms with van der Waals surface area (Å²) in [6.07, 6.45) is -0.625. The van der Waals surface area contributed by atoms with Crippen LogP contribution in [-0.4, -0.2) is 40.9 Å². The highest BCUT2D eigenvalue weighted by molar-refractivity contribution is 5.96. The number of hydrogen-bond donors (Lipinski definition) is 1. The molecular weight excluding hydrogens is 310 g/mol. The van der Waals surface area contributed by atoms with E-state index in [4.69, 9.17) is 9.47 Å². The molecule has 0 saturated heterocycles. The molecule has 1 aromatic heterocycles. The standard InChI is InChI=1S/C18H23NO5/c1-4-23-16(17(20)21)9-10-19-14-8-6-7-12(3)13(14)11-15(19)18(22)24-5-2/h6-8,11,16H,4-5,9-10H2,1-3H3,(H,20,21). The molecule has 24 heavy (non-hydrogen) atoms. The molecule has 0 bridgehead atoms. The van der Waals surface area contributed by atoms with Gasteiger partial charge in [-0.2, -0.15) is 0 Å². The number of hydrogen-bond acceptors (Lipinski definition) is 4. The summed E-state index contributed by atoms with van der Waals surface area (Å²) in [6.45, 7) is 6.46. The third-order valence-electron chi connectivity index (χ3n) is 3.91. The van der Waals surface area contributed by atoms with Crippen LogP contribution in [-0.2, 0) is 20.8 Å². The Labute approximate surface area is 141 Å². The van der Waals surface area contributed by atoms with Crippen LogP contribution in [0.15, 0.2) is 24.3 Å². The molecule has 1 atom stereocenters. The Balaban J connectivity index is 2.39. The van der Waals surface area contributed by atoms with E-state index in [1.165, 1.54) is 0 Å². The number of nitrogens with zero attached hydrogens (tertiary/aromatic N) is 1. The summed E-state index contributed by atoms with van der Waals surface area (Å²) in [5.74, 6) is -1.40. The van der Waals surface area contributed by atoms with Crippen molar-refractivity contribution >= 4 is 22.8 Å². The number of carbonyl (C=O) groups is 2. The minimum absolute atomic E-state index is 0.271. The molecule has 6 nitrogen and oxygen atoms in total. The largest absolute Gasteiger partial charge is 0.479 e. The van der Waals surface area contributed by atoms with Gasteiger partial charge in [-0.3, -0.25) is 0 Å². The summed E-state index contributed by atoms with van der Waals surface area (Å²) < 4.78 is 12.2. The number of carbonyl (C=O) groups excluding carboxylic acids is 1. The van der Waals surface area contributed by atoms with E-state index in [1.54, 1.807) is 19.9 Å². The summed E-state index contributed by atoms with van der Waals surface area (Å²) in [7, 11) is 0. The van der Waals surface area contributed by atoms with Gasteiger partial charge in [-0.05, 0) is 38.5 Å². The van der Waals surface area contributed by atoms with E-state index < -0.39 is 18.0 Å². The minimum Gasteiger partial charge on any atom is -0.479 e. The molecule has 0 aliphatic rings. The summed E-state index contributed by atoms with van der Waals surface area (Å²) in [4.78, 5) is 23.5. The van der Waals surface area contributed by atoms with Crippen molar-refractivity contribution in [2.75, 3.05) is 13.2 Å². The number of aryl methyl sites for hydroxylation is 2. The van der Waals surface area contributed by atoms with E-state index in [0.29, 0.717) is 18.8 Å². The second-order valence-electron chi connectivity index (χ2n) is 5.48. The van der Waals surface area contributed by atoms with Crippen molar-refractivity contribution < 1.29 is 24.2 Å². The average molecular weight is 333 g/mol. The van der Waals surface area contributed by atoms with Gasteiger partial charge in [0.2, 0.25) is 0 Å². The third-order valence-corrected chi connectivity index (χ3v) is 3.91. The Hall–Kier alpha value is -2.34. The van der Waals surface area contributed by atoms with Gasteiger partial charge in [0.25, 0.3) is 0 Å². The van der Waals surface area contributed by atoms with Crippen molar-refractivity contribution in [1.29, 1.82) is 0 Å². The molecule has 1 aromatic carbocycles. The maximum absolute atomic E-state index is 12.3. The Morgan fingerprint density at radius 2 is 2.00 bits per heavy atom. The Morgan fingerprint density at radius 1 is 1.25 bits per heavy atom. The van der Waals surface area contributed by atoms with Gasteiger partial charge in [-0.1, -0.05) is 12.1 Å². The van der Waals surface area contributed by atoms with E-state index >= 15 is 0 Å². The van der Waals surface area contributed by atoms with Crippen molar-refractivity contribution in [2.24, 2.45) is 0 Å². The fraction of sp³-hybridized carbons (Fsp3) is 0.444. The first kappa shape index (κ1) is 18.0. The van der Waals surface area contributed by atoms with Crippen molar-refractivity contribution in [3.05, 3.63) is 35.5 Å². The number of rotatable bonds is 8. The highest BCUT2D eigenvalue weighted by Gasteiger charge is 2.21. The van der Waals surface area contributed by atoms with Gasteiger partial charge in [0.15, 0.2) is 6.10 Å². The SMILES string of the molecule is CCOC(=O)c1cc2c(C)cccc2n1CCC(OCC)C(=O)O. The van der Waals surface area contributed by atoms with Crippen LogP contribution in [0, 0.1) is 6.92 Å². The molecule has 130 valence electrons. The molecule has 6 heteroatoms. The van der Waals surface area contributed by atoms with Gasteiger partial charge in [-0.25, -0.2) is 9.59 Å². The van der Waals surface area contributed by atoms with Crippen LogP contribution in [0.25, 0.3) is 10.9 Å². The molecule has 0 radical (unpaired) electrons. The predicted molar refractivity (Wildman–Crippen MR) is 90.3 cm³/mol. The van der Waals surface area contributed by atoms with Crippen molar-refractivity contribution in [1.82, 2.24) is 4.57 Å². The topological polar surface area (TPSA) is 77.8 Å². The van der Waals surface area contributed by atoms with Crippen LogP contribution in [0.4, 0.5) is 0 Å². The molecule has 0 amide bonds. The number of ether oxygens (including phenoxy) is 2. The first-order valence-corrected chi connectivity index (χ1v) is 8.09. The molecule has 0 spiro atoms. The lowest BCUT2D eigenvalue weighted by molar-refractivity contribution is -0.150. The Kier molecular flexibility index (Phi) is 5.98. The predicted octanol–water partition coefficient (Wildman–Crippen LogP) is 3.01. The van der Waals surface area contributed by atoms with Gasteiger partial charge in [0.1, 0.15) is 5.69 Å². The summed E-state index contributed by atoms with van der Waals surface area (Å²) in [5, 5.41) is 10.2. The lowest BCUT2D eigenvalue weighted by Gasteiger charge is -2.15. The smallest absolute Gasteiger partial charge is 0.354 e. The Bertz CT molecular complexity index is 734. The first-order chi connectivity index (χ1) is 11.5. The molecule has 0 aliphatic heterocycles. The molecular formula is C18H23NO5. The normalized spacial score (nSPS) is 12.3. The summed E-state index contributed by atoms with van der Waals surface area (Å²) in [5.41, 5.74) is 2.37. The lowest BCUT2D eigenvalue weighted by Crippen LogP contribution is -2.26. The fourth-order valence-electron chi connectivity index (χ4n) is 2.77. The highest BCUT2D eigenvalue weighted by Crippen LogP contribution is 2.24. The lowest BCUT2D eigenvalue weighted by atomic mass is 10.1. The van der Waals surface area contributed by atoms with Crippen LogP contribution in [0.3, 0.4) is 0 Å². The second-order valence-corrected chi connectivity index (χ2v) is 5.48. The van der Waals surface area contributed by atoms with Crippen LogP contribution in [0.1, 0.15) is 36.3 Å². The number of fused-ring (bicyclic) bond motifs is 1. The molecule has 1 N–H and O–H groups in total. The van der Waals surface area contributed by atoms with Gasteiger partial charge in [0.05, 0.1) is 6.61 Å². The van der Waals surface area contributed by atoms with E-state index in [9.17, 15) is 14.7 Å². The minimum atomic E-state index is -0.998. The number of benzene rings is 1. The van der Waals surface area contributed by atoms with Crippen molar-refractivity contribution in [3.8, 4) is 0 Å². The van der Waals surface area contributed by atoms with Crippen LogP contribution >= 0.6 is 0 Å².